The van der Waals surface area contributed by atoms with Crippen molar-refractivity contribution in [3.63, 3.8) is 0 Å². The van der Waals surface area contributed by atoms with Gasteiger partial charge in [0.25, 0.3) is 0 Å². The van der Waals surface area contributed by atoms with Crippen molar-refractivity contribution < 1.29 is 4.74 Å². The monoisotopic (exact) mass is 271 g/mol. The molecule has 0 saturated carbocycles. The van der Waals surface area contributed by atoms with Crippen molar-refractivity contribution >= 4 is 5.82 Å². The van der Waals surface area contributed by atoms with Crippen LogP contribution in [0.5, 0.6) is 5.75 Å². The molecular weight excluding hydrogens is 250 g/mol. The van der Waals surface area contributed by atoms with Crippen molar-refractivity contribution in [2.75, 3.05) is 11.9 Å². The highest BCUT2D eigenvalue weighted by Crippen LogP contribution is 2.25. The Morgan fingerprint density at radius 2 is 1.75 bits per heavy atom. The number of rotatable bonds is 5. The third-order valence-electron chi connectivity index (χ3n) is 3.03. The van der Waals surface area contributed by atoms with Crippen molar-refractivity contribution in [3.05, 3.63) is 46.9 Å². The van der Waals surface area contributed by atoms with Gasteiger partial charge in [-0.2, -0.15) is 0 Å². The van der Waals surface area contributed by atoms with E-state index >= 15 is 0 Å². The van der Waals surface area contributed by atoms with Gasteiger partial charge in [0.05, 0.1) is 18.1 Å². The van der Waals surface area contributed by atoms with Crippen LogP contribution >= 0.6 is 0 Å². The quantitative estimate of drug-likeness (QED) is 0.905. The molecular formula is C16H21N3O. The molecule has 0 atom stereocenters. The molecule has 0 amide bonds. The predicted octanol–water partition coefficient (Wildman–Crippen LogP) is 3.41. The highest BCUT2D eigenvalue weighted by molar-refractivity contribution is 5.43. The Labute approximate surface area is 120 Å². The molecule has 4 heteroatoms. The van der Waals surface area contributed by atoms with Gasteiger partial charge < -0.3 is 10.1 Å². The first kappa shape index (κ1) is 14.3. The van der Waals surface area contributed by atoms with E-state index in [1.165, 1.54) is 5.56 Å². The second-order valence-corrected chi connectivity index (χ2v) is 4.94. The minimum absolute atomic E-state index is 0.435. The lowest BCUT2D eigenvalue weighted by Crippen LogP contribution is -2.04. The summed E-state index contributed by atoms with van der Waals surface area (Å²) in [4.78, 5) is 8.63. The zero-order valence-electron chi connectivity index (χ0n) is 12.5. The molecule has 1 N–H and O–H groups in total. The summed E-state index contributed by atoms with van der Waals surface area (Å²) < 4.78 is 5.89. The molecule has 20 heavy (non-hydrogen) atoms. The summed E-state index contributed by atoms with van der Waals surface area (Å²) in [6.45, 7) is 9.53. The molecule has 0 aliphatic rings. The topological polar surface area (TPSA) is 47.0 Å². The number of aryl methyl sites for hydroxylation is 3. The summed E-state index contributed by atoms with van der Waals surface area (Å²) in [6, 6.07) is 4.25. The van der Waals surface area contributed by atoms with Crippen LogP contribution in [0.15, 0.2) is 24.5 Å². The molecule has 0 spiro atoms. The molecule has 0 aliphatic heterocycles. The van der Waals surface area contributed by atoms with Gasteiger partial charge in [0.15, 0.2) is 0 Å². The van der Waals surface area contributed by atoms with Gasteiger partial charge in [-0.25, -0.2) is 4.98 Å². The Bertz CT molecular complexity index is 556. The van der Waals surface area contributed by atoms with E-state index in [0.717, 1.165) is 34.9 Å². The van der Waals surface area contributed by atoms with Gasteiger partial charge in [0.1, 0.15) is 18.2 Å². The molecule has 1 aromatic heterocycles. The lowest BCUT2D eigenvalue weighted by atomic mass is 10.1. The first-order valence-corrected chi connectivity index (χ1v) is 6.85. The Balaban J connectivity index is 2.05. The minimum Gasteiger partial charge on any atom is -0.487 e. The standard InChI is InChI=1S/C16H21N3O/c1-5-17-15-9-18-14(8-19-15)10-20-16-12(3)6-11(2)7-13(16)4/h6-9H,5,10H2,1-4H3,(H,17,19). The first-order valence-electron chi connectivity index (χ1n) is 6.85. The van der Waals surface area contributed by atoms with Gasteiger partial charge in [0, 0.05) is 6.54 Å². The summed E-state index contributed by atoms with van der Waals surface area (Å²) in [7, 11) is 0. The van der Waals surface area contributed by atoms with Crippen LogP contribution in [-0.4, -0.2) is 16.5 Å². The summed E-state index contributed by atoms with van der Waals surface area (Å²) in [5, 5.41) is 3.12. The van der Waals surface area contributed by atoms with E-state index in [2.05, 4.69) is 48.2 Å². The number of nitrogens with one attached hydrogen (secondary N) is 1. The zero-order chi connectivity index (χ0) is 14.5. The summed E-state index contributed by atoms with van der Waals surface area (Å²) >= 11 is 0. The molecule has 0 fully saturated rings. The lowest BCUT2D eigenvalue weighted by Gasteiger charge is -2.13. The predicted molar refractivity (Wildman–Crippen MR) is 81.2 cm³/mol. The van der Waals surface area contributed by atoms with Crippen LogP contribution in [0, 0.1) is 20.8 Å². The number of benzene rings is 1. The van der Waals surface area contributed by atoms with Gasteiger partial charge in [-0.3, -0.25) is 4.98 Å². The number of ether oxygens (including phenoxy) is 1. The molecule has 0 aliphatic carbocycles. The van der Waals surface area contributed by atoms with Crippen molar-refractivity contribution in [2.45, 2.75) is 34.3 Å². The van der Waals surface area contributed by atoms with Gasteiger partial charge in [-0.05, 0) is 38.8 Å². The van der Waals surface area contributed by atoms with Crippen molar-refractivity contribution in [2.24, 2.45) is 0 Å². The smallest absolute Gasteiger partial charge is 0.144 e. The maximum atomic E-state index is 5.89. The summed E-state index contributed by atoms with van der Waals surface area (Å²) in [5.74, 6) is 1.73. The lowest BCUT2D eigenvalue weighted by molar-refractivity contribution is 0.296. The Hall–Kier alpha value is -2.10. The summed E-state index contributed by atoms with van der Waals surface area (Å²) in [6.07, 6.45) is 3.48. The maximum Gasteiger partial charge on any atom is 0.144 e. The van der Waals surface area contributed by atoms with Gasteiger partial charge >= 0.3 is 0 Å². The van der Waals surface area contributed by atoms with Crippen LogP contribution in [0.4, 0.5) is 5.82 Å². The average Bonchev–Trinajstić information content (AvgIpc) is 2.39. The van der Waals surface area contributed by atoms with E-state index in [9.17, 15) is 0 Å². The number of hydrogen-bond acceptors (Lipinski definition) is 4. The number of hydrogen-bond donors (Lipinski definition) is 1. The fourth-order valence-electron chi connectivity index (χ4n) is 2.24. The molecule has 2 aromatic rings. The molecule has 1 heterocycles. The second-order valence-electron chi connectivity index (χ2n) is 4.94. The molecule has 1 aromatic carbocycles. The fourth-order valence-corrected chi connectivity index (χ4v) is 2.24. The van der Waals surface area contributed by atoms with E-state index in [-0.39, 0.29) is 0 Å². The Morgan fingerprint density at radius 1 is 1.05 bits per heavy atom. The SMILES string of the molecule is CCNc1cnc(COc2c(C)cc(C)cc2C)cn1. The van der Waals surface area contributed by atoms with Gasteiger partial charge in [-0.15, -0.1) is 0 Å². The summed E-state index contributed by atoms with van der Waals surface area (Å²) in [5.41, 5.74) is 4.38. The van der Waals surface area contributed by atoms with Crippen LogP contribution in [0.1, 0.15) is 29.3 Å². The highest BCUT2D eigenvalue weighted by atomic mass is 16.5. The van der Waals surface area contributed by atoms with E-state index in [0.29, 0.717) is 6.61 Å². The van der Waals surface area contributed by atoms with Crippen LogP contribution in [-0.2, 0) is 6.61 Å². The van der Waals surface area contributed by atoms with E-state index in [4.69, 9.17) is 4.74 Å². The number of anilines is 1. The van der Waals surface area contributed by atoms with Crippen LogP contribution < -0.4 is 10.1 Å². The minimum atomic E-state index is 0.435. The highest BCUT2D eigenvalue weighted by Gasteiger charge is 2.06. The number of aromatic nitrogens is 2. The van der Waals surface area contributed by atoms with E-state index < -0.39 is 0 Å². The average molecular weight is 271 g/mol. The van der Waals surface area contributed by atoms with E-state index in [1.54, 1.807) is 12.4 Å². The largest absolute Gasteiger partial charge is 0.487 e. The molecule has 0 unspecified atom stereocenters. The second kappa shape index (κ2) is 6.37. The zero-order valence-corrected chi connectivity index (χ0v) is 12.5. The van der Waals surface area contributed by atoms with Crippen LogP contribution in [0.2, 0.25) is 0 Å². The van der Waals surface area contributed by atoms with Crippen molar-refractivity contribution in [1.29, 1.82) is 0 Å². The Kier molecular flexibility index (Phi) is 4.56. The molecule has 0 bridgehead atoms. The molecule has 0 saturated heterocycles. The molecule has 106 valence electrons. The van der Waals surface area contributed by atoms with Crippen molar-refractivity contribution in [3.8, 4) is 5.75 Å². The normalized spacial score (nSPS) is 10.4. The maximum absolute atomic E-state index is 5.89. The first-order chi connectivity index (χ1) is 9.60. The third kappa shape index (κ3) is 3.47. The Morgan fingerprint density at radius 3 is 2.30 bits per heavy atom. The van der Waals surface area contributed by atoms with E-state index in [1.807, 2.05) is 6.92 Å². The van der Waals surface area contributed by atoms with Gasteiger partial charge in [-0.1, -0.05) is 17.7 Å². The fraction of sp³-hybridized carbons (Fsp3) is 0.375. The van der Waals surface area contributed by atoms with Crippen LogP contribution in [0.25, 0.3) is 0 Å². The van der Waals surface area contributed by atoms with Gasteiger partial charge in [0.2, 0.25) is 0 Å². The van der Waals surface area contributed by atoms with Crippen molar-refractivity contribution in [1.82, 2.24) is 9.97 Å². The molecule has 0 radical (unpaired) electrons. The number of nitrogens with zero attached hydrogens (tertiary/aromatic N) is 2. The molecule has 4 nitrogen and oxygen atoms in total. The molecule has 2 rings (SSSR count). The van der Waals surface area contributed by atoms with Crippen LogP contribution in [0.3, 0.4) is 0 Å². The third-order valence-corrected chi connectivity index (χ3v) is 3.03.